The summed E-state index contributed by atoms with van der Waals surface area (Å²) in [6.07, 6.45) is 0.159. The first kappa shape index (κ1) is 20.2. The fourth-order valence-electron chi connectivity index (χ4n) is 3.98. The lowest BCUT2D eigenvalue weighted by atomic mass is 9.79. The number of hydrogen-bond acceptors (Lipinski definition) is 4. The number of alkyl halides is 4. The maximum atomic E-state index is 15.2. The third-order valence-corrected chi connectivity index (χ3v) is 5.48. The van der Waals surface area contributed by atoms with Gasteiger partial charge in [0, 0.05) is 18.3 Å². The molecule has 0 bridgehead atoms. The maximum Gasteiger partial charge on any atom is 0.398 e. The third-order valence-electron chi connectivity index (χ3n) is 5.48. The molecule has 0 saturated heterocycles. The minimum Gasteiger partial charge on any atom is -0.333 e. The number of rotatable bonds is 2. The van der Waals surface area contributed by atoms with E-state index < -0.39 is 29.2 Å². The second-order valence-corrected chi connectivity index (χ2v) is 7.55. The summed E-state index contributed by atoms with van der Waals surface area (Å²) in [6.45, 7) is 2.79. The summed E-state index contributed by atoms with van der Waals surface area (Å²) in [5.74, 6) is -2.65. The molecule has 0 aromatic carbocycles. The molecule has 2 atom stereocenters. The first-order chi connectivity index (χ1) is 14.1. The van der Waals surface area contributed by atoms with E-state index >= 15 is 4.39 Å². The lowest BCUT2D eigenvalue weighted by Gasteiger charge is -2.37. The SMILES string of the molecule is Cc1nc2c(c(-c3ccn[nH]3)n1)CCN(C(=O)C1=CC=CC(C(F)(F)F)C1(C)F)C2. The van der Waals surface area contributed by atoms with Gasteiger partial charge in [0.2, 0.25) is 0 Å². The summed E-state index contributed by atoms with van der Waals surface area (Å²) < 4.78 is 55.0. The van der Waals surface area contributed by atoms with E-state index in [1.807, 2.05) is 0 Å². The van der Waals surface area contributed by atoms with Crippen molar-refractivity contribution >= 4 is 5.91 Å². The molecule has 2 aromatic rings. The van der Waals surface area contributed by atoms with E-state index in [1.165, 1.54) is 4.90 Å². The van der Waals surface area contributed by atoms with Gasteiger partial charge in [0.05, 0.1) is 29.2 Å². The number of nitrogens with one attached hydrogen (secondary N) is 1. The molecule has 0 radical (unpaired) electrons. The van der Waals surface area contributed by atoms with E-state index in [4.69, 9.17) is 0 Å². The van der Waals surface area contributed by atoms with Crippen molar-refractivity contribution < 1.29 is 22.4 Å². The zero-order valence-corrected chi connectivity index (χ0v) is 16.3. The van der Waals surface area contributed by atoms with Crippen LogP contribution in [0.3, 0.4) is 0 Å². The van der Waals surface area contributed by atoms with Gasteiger partial charge in [-0.25, -0.2) is 14.4 Å². The molecule has 2 unspecified atom stereocenters. The van der Waals surface area contributed by atoms with Gasteiger partial charge < -0.3 is 4.90 Å². The zero-order chi connectivity index (χ0) is 21.7. The second-order valence-electron chi connectivity index (χ2n) is 7.55. The zero-order valence-electron chi connectivity index (χ0n) is 16.3. The number of hydrogen-bond donors (Lipinski definition) is 1. The van der Waals surface area contributed by atoms with Crippen molar-refractivity contribution in [3.05, 3.63) is 53.1 Å². The predicted molar refractivity (Wildman–Crippen MR) is 99.8 cm³/mol. The second kappa shape index (κ2) is 7.03. The minimum atomic E-state index is -4.79. The van der Waals surface area contributed by atoms with Gasteiger partial charge in [0.15, 0.2) is 5.67 Å². The first-order valence-corrected chi connectivity index (χ1v) is 9.39. The lowest BCUT2D eigenvalue weighted by Crippen LogP contribution is -2.48. The van der Waals surface area contributed by atoms with Crippen LogP contribution in [0.5, 0.6) is 0 Å². The van der Waals surface area contributed by atoms with E-state index in [0.29, 0.717) is 29.3 Å². The van der Waals surface area contributed by atoms with Crippen LogP contribution < -0.4 is 0 Å². The quantitative estimate of drug-likeness (QED) is 0.754. The largest absolute Gasteiger partial charge is 0.398 e. The van der Waals surface area contributed by atoms with Crippen LogP contribution in [0.15, 0.2) is 36.1 Å². The first-order valence-electron chi connectivity index (χ1n) is 9.39. The molecule has 3 heterocycles. The van der Waals surface area contributed by atoms with Crippen molar-refractivity contribution in [2.75, 3.05) is 6.54 Å². The predicted octanol–water partition coefficient (Wildman–Crippen LogP) is 3.46. The Morgan fingerprint density at radius 2 is 2.10 bits per heavy atom. The van der Waals surface area contributed by atoms with Crippen molar-refractivity contribution in [2.24, 2.45) is 5.92 Å². The summed E-state index contributed by atoms with van der Waals surface area (Å²) in [5, 5.41) is 6.78. The summed E-state index contributed by atoms with van der Waals surface area (Å²) in [7, 11) is 0. The minimum absolute atomic E-state index is 0.0620. The lowest BCUT2D eigenvalue weighted by molar-refractivity contribution is -0.187. The molecule has 158 valence electrons. The van der Waals surface area contributed by atoms with Crippen molar-refractivity contribution in [3.63, 3.8) is 0 Å². The van der Waals surface area contributed by atoms with Crippen LogP contribution in [0, 0.1) is 12.8 Å². The fourth-order valence-corrected chi connectivity index (χ4v) is 3.98. The van der Waals surface area contributed by atoms with E-state index in [0.717, 1.165) is 30.7 Å². The normalized spacial score (nSPS) is 23.9. The highest BCUT2D eigenvalue weighted by Gasteiger charge is 2.55. The highest BCUT2D eigenvalue weighted by molar-refractivity contribution is 5.96. The number of allylic oxidation sites excluding steroid dienone is 3. The van der Waals surface area contributed by atoms with Crippen molar-refractivity contribution in [1.82, 2.24) is 25.1 Å². The van der Waals surface area contributed by atoms with E-state index in [1.54, 1.807) is 19.2 Å². The molecule has 30 heavy (non-hydrogen) atoms. The van der Waals surface area contributed by atoms with Gasteiger partial charge in [0.25, 0.3) is 5.91 Å². The summed E-state index contributed by atoms with van der Waals surface area (Å²) in [5.41, 5.74) is -0.549. The van der Waals surface area contributed by atoms with Gasteiger partial charge in [-0.2, -0.15) is 18.3 Å². The van der Waals surface area contributed by atoms with E-state index in [9.17, 15) is 18.0 Å². The molecule has 0 spiro atoms. The van der Waals surface area contributed by atoms with Crippen LogP contribution in [0.25, 0.3) is 11.4 Å². The average Bonchev–Trinajstić information content (AvgIpc) is 3.19. The smallest absolute Gasteiger partial charge is 0.333 e. The number of nitrogens with zero attached hydrogens (tertiary/aromatic N) is 4. The monoisotopic (exact) mass is 421 g/mol. The Labute approximate surface area is 169 Å². The summed E-state index contributed by atoms with van der Waals surface area (Å²) >= 11 is 0. The van der Waals surface area contributed by atoms with Gasteiger partial charge >= 0.3 is 6.18 Å². The molecule has 10 heteroatoms. The van der Waals surface area contributed by atoms with Gasteiger partial charge in [-0.3, -0.25) is 9.89 Å². The molecular formula is C20H19F4N5O. The number of aryl methyl sites for hydroxylation is 1. The van der Waals surface area contributed by atoms with Gasteiger partial charge in [0.1, 0.15) is 11.7 Å². The molecule has 1 amide bonds. The molecule has 2 aromatic heterocycles. The number of H-pyrrole nitrogens is 1. The van der Waals surface area contributed by atoms with Crippen LogP contribution in [-0.2, 0) is 17.8 Å². The standard InChI is InChI=1S/C20H19F4N5O/c1-11-26-15-10-29(9-7-12(15)17(27-11)14-6-8-25-28-14)18(30)13-4-3-5-16(19(13,2)21)20(22,23)24/h3-6,8,16H,7,9-10H2,1-2H3,(H,25,28). The number of carbonyl (C=O) groups excluding carboxylic acids is 1. The Balaban J connectivity index is 1.63. The van der Waals surface area contributed by atoms with Crippen LogP contribution in [0.2, 0.25) is 0 Å². The third kappa shape index (κ3) is 3.40. The topological polar surface area (TPSA) is 74.8 Å². The Morgan fingerprint density at radius 3 is 2.77 bits per heavy atom. The Kier molecular flexibility index (Phi) is 4.74. The highest BCUT2D eigenvalue weighted by Crippen LogP contribution is 2.44. The molecule has 1 N–H and O–H groups in total. The van der Waals surface area contributed by atoms with Crippen molar-refractivity contribution in [1.29, 1.82) is 0 Å². The Bertz CT molecular complexity index is 1040. The maximum absolute atomic E-state index is 15.2. The van der Waals surface area contributed by atoms with Crippen LogP contribution in [0.4, 0.5) is 17.6 Å². The number of amides is 1. The van der Waals surface area contributed by atoms with Gasteiger partial charge in [-0.05, 0) is 26.3 Å². The number of aromatic amines is 1. The summed E-state index contributed by atoms with van der Waals surface area (Å²) in [4.78, 5) is 23.2. The molecular weight excluding hydrogens is 402 g/mol. The molecule has 6 nitrogen and oxygen atoms in total. The Hall–Kier alpha value is -3.04. The number of carbonyl (C=O) groups is 1. The molecule has 4 rings (SSSR count). The van der Waals surface area contributed by atoms with Gasteiger partial charge in [-0.1, -0.05) is 18.2 Å². The van der Waals surface area contributed by atoms with Crippen molar-refractivity contribution in [2.45, 2.75) is 38.7 Å². The number of halogens is 4. The molecule has 0 saturated carbocycles. The number of fused-ring (bicyclic) bond motifs is 1. The molecule has 1 aliphatic heterocycles. The van der Waals surface area contributed by atoms with E-state index in [-0.39, 0.29) is 13.1 Å². The Morgan fingerprint density at radius 1 is 1.33 bits per heavy atom. The average molecular weight is 421 g/mol. The highest BCUT2D eigenvalue weighted by atomic mass is 19.4. The van der Waals surface area contributed by atoms with Crippen LogP contribution in [-0.4, -0.2) is 49.4 Å². The fraction of sp³-hybridized carbons (Fsp3) is 0.400. The van der Waals surface area contributed by atoms with E-state index in [2.05, 4.69) is 20.2 Å². The number of aromatic nitrogens is 4. The van der Waals surface area contributed by atoms with Crippen LogP contribution in [0.1, 0.15) is 24.0 Å². The summed E-state index contributed by atoms with van der Waals surface area (Å²) in [6, 6.07) is 1.77. The van der Waals surface area contributed by atoms with Gasteiger partial charge in [-0.15, -0.1) is 0 Å². The van der Waals surface area contributed by atoms with Crippen molar-refractivity contribution in [3.8, 4) is 11.4 Å². The van der Waals surface area contributed by atoms with Crippen LogP contribution >= 0.6 is 0 Å². The molecule has 1 aliphatic carbocycles. The molecule has 2 aliphatic rings. The molecule has 0 fully saturated rings.